The van der Waals surface area contributed by atoms with Crippen molar-refractivity contribution in [3.63, 3.8) is 0 Å². The SMILES string of the molecule is CCN1c2cc(F)c(/C=C3/C(=O)NC(=O)N(c4ccc(Cl)c(Cl)c4)C3=O)cc2C(C)CC1(C)C. The maximum atomic E-state index is 15.2. The quantitative estimate of drug-likeness (QED) is 0.417. The van der Waals surface area contributed by atoms with Gasteiger partial charge in [-0.1, -0.05) is 30.1 Å². The normalized spacial score (nSPS) is 21.1. The number of carbonyl (C=O) groups is 3. The third kappa shape index (κ3) is 4.07. The first-order valence-corrected chi connectivity index (χ1v) is 11.7. The Hall–Kier alpha value is -2.90. The topological polar surface area (TPSA) is 69.7 Å². The van der Waals surface area contributed by atoms with Crippen LogP contribution in [0.25, 0.3) is 6.08 Å². The number of nitrogens with one attached hydrogen (secondary N) is 1. The van der Waals surface area contributed by atoms with E-state index in [0.717, 1.165) is 22.6 Å². The zero-order chi connectivity index (χ0) is 24.9. The second kappa shape index (κ2) is 8.71. The molecule has 2 aromatic rings. The molecule has 0 bridgehead atoms. The van der Waals surface area contributed by atoms with Crippen molar-refractivity contribution in [2.75, 3.05) is 16.3 Å². The lowest BCUT2D eigenvalue weighted by Crippen LogP contribution is -2.54. The molecular formula is C25H24Cl2FN3O3. The lowest BCUT2D eigenvalue weighted by atomic mass is 9.79. The number of urea groups is 1. The van der Waals surface area contributed by atoms with Gasteiger partial charge in [0.15, 0.2) is 0 Å². The van der Waals surface area contributed by atoms with Gasteiger partial charge in [-0.2, -0.15) is 0 Å². The van der Waals surface area contributed by atoms with Crippen molar-refractivity contribution in [2.24, 2.45) is 0 Å². The van der Waals surface area contributed by atoms with Crippen molar-refractivity contribution >= 4 is 58.5 Å². The summed E-state index contributed by atoms with van der Waals surface area (Å²) in [6.45, 7) is 9.07. The fourth-order valence-electron chi connectivity index (χ4n) is 4.90. The third-order valence-electron chi connectivity index (χ3n) is 6.38. The Morgan fingerprint density at radius 3 is 2.50 bits per heavy atom. The molecule has 34 heavy (non-hydrogen) atoms. The number of benzene rings is 2. The van der Waals surface area contributed by atoms with Gasteiger partial charge < -0.3 is 4.90 Å². The Balaban J connectivity index is 1.78. The maximum absolute atomic E-state index is 15.2. The molecule has 1 unspecified atom stereocenters. The van der Waals surface area contributed by atoms with E-state index in [4.69, 9.17) is 23.2 Å². The van der Waals surface area contributed by atoms with E-state index in [2.05, 4.69) is 31.0 Å². The lowest BCUT2D eigenvalue weighted by Gasteiger charge is -2.47. The van der Waals surface area contributed by atoms with E-state index in [9.17, 15) is 14.4 Å². The van der Waals surface area contributed by atoms with Gasteiger partial charge in [0.25, 0.3) is 11.8 Å². The summed E-state index contributed by atoms with van der Waals surface area (Å²) in [5, 5.41) is 2.52. The van der Waals surface area contributed by atoms with Crippen LogP contribution in [-0.4, -0.2) is 29.9 Å². The highest BCUT2D eigenvalue weighted by atomic mass is 35.5. The van der Waals surface area contributed by atoms with E-state index in [1.807, 2.05) is 6.92 Å². The minimum Gasteiger partial charge on any atom is -0.366 e. The zero-order valence-electron chi connectivity index (χ0n) is 19.2. The molecule has 2 aliphatic heterocycles. The number of carbonyl (C=O) groups excluding carboxylic acids is 3. The van der Waals surface area contributed by atoms with Gasteiger partial charge in [0.05, 0.1) is 15.7 Å². The Kier molecular flexibility index (Phi) is 6.21. The monoisotopic (exact) mass is 503 g/mol. The summed E-state index contributed by atoms with van der Waals surface area (Å²) in [7, 11) is 0. The summed E-state index contributed by atoms with van der Waals surface area (Å²) in [6.07, 6.45) is 2.06. The smallest absolute Gasteiger partial charge is 0.335 e. The summed E-state index contributed by atoms with van der Waals surface area (Å²) in [5.41, 5.74) is 1.49. The van der Waals surface area contributed by atoms with E-state index in [1.54, 1.807) is 6.07 Å². The van der Waals surface area contributed by atoms with E-state index >= 15 is 4.39 Å². The summed E-state index contributed by atoms with van der Waals surface area (Å²) >= 11 is 12.0. The predicted molar refractivity (Wildman–Crippen MR) is 132 cm³/mol. The molecule has 0 radical (unpaired) electrons. The summed E-state index contributed by atoms with van der Waals surface area (Å²) in [6, 6.07) is 6.42. The highest BCUT2D eigenvalue weighted by molar-refractivity contribution is 6.43. The first-order valence-electron chi connectivity index (χ1n) is 10.9. The molecule has 178 valence electrons. The molecule has 0 spiro atoms. The average molecular weight is 504 g/mol. The fourth-order valence-corrected chi connectivity index (χ4v) is 5.19. The molecule has 1 N–H and O–H groups in total. The standard InChI is InChI=1S/C25H24Cl2FN3O3/c1-5-30-21-11-20(28)14(8-16(21)13(2)12-25(30,3)4)9-17-22(32)29-24(34)31(23(17)33)15-6-7-18(26)19(27)10-15/h6-11,13H,5,12H2,1-4H3,(H,29,32,34)/b17-9-. The van der Waals surface area contributed by atoms with Gasteiger partial charge in [0, 0.05) is 23.3 Å². The largest absolute Gasteiger partial charge is 0.366 e. The van der Waals surface area contributed by atoms with Crippen LogP contribution in [0.3, 0.4) is 0 Å². The van der Waals surface area contributed by atoms with Gasteiger partial charge in [-0.3, -0.25) is 14.9 Å². The average Bonchev–Trinajstić information content (AvgIpc) is 2.73. The van der Waals surface area contributed by atoms with Gasteiger partial charge in [-0.25, -0.2) is 14.1 Å². The van der Waals surface area contributed by atoms with Crippen LogP contribution in [-0.2, 0) is 9.59 Å². The summed E-state index contributed by atoms with van der Waals surface area (Å²) in [4.78, 5) is 41.1. The third-order valence-corrected chi connectivity index (χ3v) is 7.12. The first kappa shape index (κ1) is 24.2. The maximum Gasteiger partial charge on any atom is 0.335 e. The van der Waals surface area contributed by atoms with Crippen LogP contribution >= 0.6 is 23.2 Å². The van der Waals surface area contributed by atoms with Gasteiger partial charge in [-0.15, -0.1) is 0 Å². The number of barbiturate groups is 1. The number of hydrogen-bond acceptors (Lipinski definition) is 4. The predicted octanol–water partition coefficient (Wildman–Crippen LogP) is 5.91. The lowest BCUT2D eigenvalue weighted by molar-refractivity contribution is -0.122. The number of nitrogens with zero attached hydrogens (tertiary/aromatic N) is 2. The molecule has 1 atom stereocenters. The molecule has 9 heteroatoms. The molecule has 1 fully saturated rings. The molecule has 0 saturated carbocycles. The molecule has 6 nitrogen and oxygen atoms in total. The number of fused-ring (bicyclic) bond motifs is 1. The number of amides is 4. The number of imide groups is 2. The number of halogens is 3. The van der Waals surface area contributed by atoms with Crippen molar-refractivity contribution in [1.82, 2.24) is 5.32 Å². The summed E-state index contributed by atoms with van der Waals surface area (Å²) in [5.74, 6) is -2.19. The van der Waals surface area contributed by atoms with E-state index in [1.165, 1.54) is 30.3 Å². The van der Waals surface area contributed by atoms with Crippen molar-refractivity contribution in [3.05, 3.63) is 62.9 Å². The minimum absolute atomic E-state index is 0.100. The highest BCUT2D eigenvalue weighted by Gasteiger charge is 2.38. The number of anilines is 2. The van der Waals surface area contributed by atoms with Gasteiger partial charge >= 0.3 is 6.03 Å². The van der Waals surface area contributed by atoms with Crippen LogP contribution in [0.1, 0.15) is 51.2 Å². The van der Waals surface area contributed by atoms with Crippen LogP contribution < -0.4 is 15.1 Å². The van der Waals surface area contributed by atoms with Crippen LogP contribution in [0.5, 0.6) is 0 Å². The van der Waals surface area contributed by atoms with Gasteiger partial charge in [-0.05, 0) is 75.1 Å². The van der Waals surface area contributed by atoms with Crippen molar-refractivity contribution < 1.29 is 18.8 Å². The van der Waals surface area contributed by atoms with Crippen LogP contribution in [0.15, 0.2) is 35.9 Å². The number of hydrogen-bond donors (Lipinski definition) is 1. The molecule has 2 aliphatic rings. The Labute approximate surface area is 207 Å². The second-order valence-corrected chi connectivity index (χ2v) is 9.97. The first-order chi connectivity index (χ1) is 15.9. The molecule has 0 aliphatic carbocycles. The summed E-state index contributed by atoms with van der Waals surface area (Å²) < 4.78 is 15.2. The molecule has 2 aromatic carbocycles. The van der Waals surface area contributed by atoms with Crippen LogP contribution in [0.4, 0.5) is 20.6 Å². The van der Waals surface area contributed by atoms with E-state index < -0.39 is 23.7 Å². The fraction of sp³-hybridized carbons (Fsp3) is 0.320. The van der Waals surface area contributed by atoms with E-state index in [0.29, 0.717) is 6.54 Å². The van der Waals surface area contributed by atoms with Gasteiger partial charge in [0.1, 0.15) is 11.4 Å². The van der Waals surface area contributed by atoms with Crippen molar-refractivity contribution in [1.29, 1.82) is 0 Å². The molecule has 1 saturated heterocycles. The van der Waals surface area contributed by atoms with Crippen LogP contribution in [0, 0.1) is 5.82 Å². The van der Waals surface area contributed by atoms with Crippen molar-refractivity contribution in [2.45, 2.75) is 45.6 Å². The Bertz CT molecular complexity index is 1260. The Morgan fingerprint density at radius 2 is 1.85 bits per heavy atom. The van der Waals surface area contributed by atoms with Crippen LogP contribution in [0.2, 0.25) is 10.0 Å². The highest BCUT2D eigenvalue weighted by Crippen LogP contribution is 2.44. The minimum atomic E-state index is -0.925. The molecule has 0 aromatic heterocycles. The number of rotatable bonds is 3. The zero-order valence-corrected chi connectivity index (χ0v) is 20.7. The Morgan fingerprint density at radius 1 is 1.15 bits per heavy atom. The van der Waals surface area contributed by atoms with Crippen molar-refractivity contribution in [3.8, 4) is 0 Å². The molecule has 2 heterocycles. The molecule has 4 amide bonds. The second-order valence-electron chi connectivity index (χ2n) is 9.15. The molecule has 4 rings (SSSR count). The molecular weight excluding hydrogens is 480 g/mol. The van der Waals surface area contributed by atoms with Gasteiger partial charge in [0.2, 0.25) is 0 Å². The van der Waals surface area contributed by atoms with E-state index in [-0.39, 0.29) is 38.3 Å².